The summed E-state index contributed by atoms with van der Waals surface area (Å²) in [5.41, 5.74) is 1.97. The Bertz CT molecular complexity index is 747. The monoisotopic (exact) mass is 319 g/mol. The molecule has 2 aromatic rings. The number of carbonyl (C=O) groups excluding carboxylic acids is 1. The molecular weight excluding hydrogens is 306 g/mol. The summed E-state index contributed by atoms with van der Waals surface area (Å²) in [6.45, 7) is 1.81. The van der Waals surface area contributed by atoms with Gasteiger partial charge in [0.15, 0.2) is 0 Å². The molecule has 2 rings (SSSR count). The first kappa shape index (κ1) is 15.8. The van der Waals surface area contributed by atoms with Gasteiger partial charge in [-0.1, -0.05) is 11.6 Å². The number of amides is 1. The highest BCUT2D eigenvalue weighted by Gasteiger charge is 2.17. The van der Waals surface area contributed by atoms with E-state index in [0.29, 0.717) is 16.4 Å². The largest absolute Gasteiger partial charge is 0.387 e. The number of nitrogens with zero attached hydrogens (tertiary/aromatic N) is 1. The lowest BCUT2D eigenvalue weighted by Gasteiger charge is -2.11. The van der Waals surface area contributed by atoms with Crippen LogP contribution in [0.1, 0.15) is 15.9 Å². The summed E-state index contributed by atoms with van der Waals surface area (Å²) in [6.07, 6.45) is 0. The number of aryl methyl sites for hydroxylation is 1. The number of nitro groups is 1. The number of carbonyl (C=O) groups is 1. The number of hydrogen-bond donors (Lipinski definition) is 2. The third-order valence-electron chi connectivity index (χ3n) is 3.16. The van der Waals surface area contributed by atoms with Gasteiger partial charge in [0.25, 0.3) is 11.6 Å². The van der Waals surface area contributed by atoms with Crippen molar-refractivity contribution in [2.24, 2.45) is 0 Å². The Morgan fingerprint density at radius 3 is 2.45 bits per heavy atom. The van der Waals surface area contributed by atoms with Crippen LogP contribution in [-0.4, -0.2) is 17.9 Å². The predicted octanol–water partition coefficient (Wildman–Crippen LogP) is 3.85. The van der Waals surface area contributed by atoms with E-state index in [-0.39, 0.29) is 11.3 Å². The molecular formula is C15H14ClN3O3. The van der Waals surface area contributed by atoms with Gasteiger partial charge in [0, 0.05) is 35.6 Å². The third-order valence-corrected chi connectivity index (χ3v) is 3.40. The molecule has 114 valence electrons. The number of nitrogens with one attached hydrogen (secondary N) is 2. The summed E-state index contributed by atoms with van der Waals surface area (Å²) in [4.78, 5) is 22.7. The van der Waals surface area contributed by atoms with Crippen molar-refractivity contribution in [3.8, 4) is 0 Å². The maximum atomic E-state index is 12.4. The highest BCUT2D eigenvalue weighted by Crippen LogP contribution is 2.25. The van der Waals surface area contributed by atoms with Crippen molar-refractivity contribution in [2.45, 2.75) is 6.92 Å². The number of rotatable bonds is 4. The lowest BCUT2D eigenvalue weighted by atomic mass is 10.1. The summed E-state index contributed by atoms with van der Waals surface area (Å²) >= 11 is 5.88. The molecule has 0 radical (unpaired) electrons. The van der Waals surface area contributed by atoms with E-state index in [1.807, 2.05) is 6.92 Å². The van der Waals surface area contributed by atoms with Crippen molar-refractivity contribution < 1.29 is 9.72 Å². The molecule has 0 aliphatic rings. The van der Waals surface area contributed by atoms with Crippen LogP contribution in [0, 0.1) is 17.0 Å². The molecule has 0 fully saturated rings. The maximum absolute atomic E-state index is 12.4. The average molecular weight is 320 g/mol. The SMILES string of the molecule is CNc1ccc([N+](=O)[O-])cc1C(=O)Nc1ccc(Cl)cc1C. The van der Waals surface area contributed by atoms with E-state index in [1.165, 1.54) is 18.2 Å². The number of benzene rings is 2. The second kappa shape index (κ2) is 6.44. The van der Waals surface area contributed by atoms with Crippen molar-refractivity contribution in [2.75, 3.05) is 17.7 Å². The van der Waals surface area contributed by atoms with E-state index in [4.69, 9.17) is 11.6 Å². The van der Waals surface area contributed by atoms with Gasteiger partial charge in [-0.15, -0.1) is 0 Å². The molecule has 7 heteroatoms. The van der Waals surface area contributed by atoms with Crippen LogP contribution in [0.2, 0.25) is 5.02 Å². The molecule has 0 spiro atoms. The van der Waals surface area contributed by atoms with Gasteiger partial charge >= 0.3 is 0 Å². The minimum absolute atomic E-state index is 0.142. The summed E-state index contributed by atoms with van der Waals surface area (Å²) in [6, 6.07) is 9.16. The van der Waals surface area contributed by atoms with Gasteiger partial charge in [-0.25, -0.2) is 0 Å². The number of non-ortho nitro benzene ring substituents is 1. The zero-order valence-corrected chi connectivity index (χ0v) is 12.8. The lowest BCUT2D eigenvalue weighted by molar-refractivity contribution is -0.384. The Morgan fingerprint density at radius 2 is 1.86 bits per heavy atom. The first-order valence-electron chi connectivity index (χ1n) is 6.46. The van der Waals surface area contributed by atoms with E-state index in [1.54, 1.807) is 25.2 Å². The smallest absolute Gasteiger partial charge is 0.270 e. The maximum Gasteiger partial charge on any atom is 0.270 e. The Hall–Kier alpha value is -2.60. The minimum atomic E-state index is -0.538. The topological polar surface area (TPSA) is 84.3 Å². The van der Waals surface area contributed by atoms with Crippen molar-refractivity contribution in [3.05, 3.63) is 62.7 Å². The highest BCUT2D eigenvalue weighted by atomic mass is 35.5. The average Bonchev–Trinajstić information content (AvgIpc) is 2.49. The second-order valence-electron chi connectivity index (χ2n) is 4.65. The predicted molar refractivity (Wildman–Crippen MR) is 86.8 cm³/mol. The Kier molecular flexibility index (Phi) is 4.62. The molecule has 22 heavy (non-hydrogen) atoms. The van der Waals surface area contributed by atoms with E-state index in [9.17, 15) is 14.9 Å². The molecule has 0 unspecified atom stereocenters. The molecule has 0 aliphatic carbocycles. The van der Waals surface area contributed by atoms with Crippen LogP contribution in [0.15, 0.2) is 36.4 Å². The van der Waals surface area contributed by atoms with Gasteiger partial charge in [-0.3, -0.25) is 14.9 Å². The van der Waals surface area contributed by atoms with Gasteiger partial charge in [0.1, 0.15) is 0 Å². The van der Waals surface area contributed by atoms with Crippen LogP contribution in [0.3, 0.4) is 0 Å². The van der Waals surface area contributed by atoms with Gasteiger partial charge in [-0.05, 0) is 36.8 Å². The molecule has 0 bridgehead atoms. The Balaban J connectivity index is 2.35. The van der Waals surface area contributed by atoms with E-state index >= 15 is 0 Å². The zero-order chi connectivity index (χ0) is 16.3. The van der Waals surface area contributed by atoms with Crippen LogP contribution >= 0.6 is 11.6 Å². The molecule has 2 N–H and O–H groups in total. The van der Waals surface area contributed by atoms with E-state index in [0.717, 1.165) is 5.56 Å². The standard InChI is InChI=1S/C15H14ClN3O3/c1-9-7-10(16)3-5-13(9)18-15(20)12-8-11(19(21)22)4-6-14(12)17-2/h3-8,17H,1-2H3,(H,18,20). The number of hydrogen-bond acceptors (Lipinski definition) is 4. The molecule has 6 nitrogen and oxygen atoms in total. The van der Waals surface area contributed by atoms with Crippen LogP contribution in [0.5, 0.6) is 0 Å². The fourth-order valence-electron chi connectivity index (χ4n) is 2.01. The van der Waals surface area contributed by atoms with Crippen LogP contribution in [0.25, 0.3) is 0 Å². The quantitative estimate of drug-likeness (QED) is 0.662. The molecule has 0 aliphatic heterocycles. The van der Waals surface area contributed by atoms with Crippen molar-refractivity contribution >= 4 is 34.6 Å². The second-order valence-corrected chi connectivity index (χ2v) is 5.09. The van der Waals surface area contributed by atoms with Gasteiger partial charge in [0.05, 0.1) is 10.5 Å². The summed E-state index contributed by atoms with van der Waals surface area (Å²) in [7, 11) is 1.64. The fourth-order valence-corrected chi connectivity index (χ4v) is 2.24. The molecule has 0 heterocycles. The van der Waals surface area contributed by atoms with Crippen LogP contribution < -0.4 is 10.6 Å². The van der Waals surface area contributed by atoms with Crippen molar-refractivity contribution in [1.29, 1.82) is 0 Å². The first-order chi connectivity index (χ1) is 10.4. The minimum Gasteiger partial charge on any atom is -0.387 e. The van der Waals surface area contributed by atoms with Crippen molar-refractivity contribution in [3.63, 3.8) is 0 Å². The lowest BCUT2D eigenvalue weighted by Crippen LogP contribution is -2.15. The summed E-state index contributed by atoms with van der Waals surface area (Å²) < 4.78 is 0. The Morgan fingerprint density at radius 1 is 1.18 bits per heavy atom. The summed E-state index contributed by atoms with van der Waals surface area (Å²) in [5, 5.41) is 17.0. The normalized spacial score (nSPS) is 10.1. The molecule has 0 saturated carbocycles. The van der Waals surface area contributed by atoms with Gasteiger partial charge in [0.2, 0.25) is 0 Å². The summed E-state index contributed by atoms with van der Waals surface area (Å²) in [5.74, 6) is -0.432. The van der Waals surface area contributed by atoms with Crippen LogP contribution in [0.4, 0.5) is 17.1 Å². The molecule has 1 amide bonds. The molecule has 0 atom stereocenters. The highest BCUT2D eigenvalue weighted by molar-refractivity contribution is 6.30. The van der Waals surface area contributed by atoms with Gasteiger partial charge < -0.3 is 10.6 Å². The first-order valence-corrected chi connectivity index (χ1v) is 6.84. The molecule has 2 aromatic carbocycles. The third kappa shape index (κ3) is 3.35. The van der Waals surface area contributed by atoms with E-state index < -0.39 is 10.8 Å². The Labute approximate surface area is 132 Å². The van der Waals surface area contributed by atoms with Crippen molar-refractivity contribution in [1.82, 2.24) is 0 Å². The zero-order valence-electron chi connectivity index (χ0n) is 12.0. The molecule has 0 aromatic heterocycles. The van der Waals surface area contributed by atoms with E-state index in [2.05, 4.69) is 10.6 Å². The number of nitro benzene ring substituents is 1. The number of halogens is 1. The fraction of sp³-hybridized carbons (Fsp3) is 0.133. The van der Waals surface area contributed by atoms with Gasteiger partial charge in [-0.2, -0.15) is 0 Å². The molecule has 0 saturated heterocycles. The number of anilines is 2. The van der Waals surface area contributed by atoms with Crippen LogP contribution in [-0.2, 0) is 0 Å².